The Bertz CT molecular complexity index is 981. The van der Waals surface area contributed by atoms with Gasteiger partial charge in [0.15, 0.2) is 5.76 Å². The van der Waals surface area contributed by atoms with Crippen LogP contribution in [0.2, 0.25) is 5.02 Å². The summed E-state index contributed by atoms with van der Waals surface area (Å²) in [6.45, 7) is 4.32. The molecule has 0 bridgehead atoms. The molecule has 0 saturated heterocycles. The molecule has 0 atom stereocenters. The second kappa shape index (κ2) is 9.10. The van der Waals surface area contributed by atoms with E-state index in [-0.39, 0.29) is 11.5 Å². The van der Waals surface area contributed by atoms with Gasteiger partial charge in [0.05, 0.1) is 23.0 Å². The third kappa shape index (κ3) is 4.92. The van der Waals surface area contributed by atoms with Gasteiger partial charge in [-0.05, 0) is 50.2 Å². The first-order chi connectivity index (χ1) is 13.6. The molecule has 3 aromatic rings. The van der Waals surface area contributed by atoms with E-state index in [1.807, 2.05) is 31.2 Å². The lowest BCUT2D eigenvalue weighted by Crippen LogP contribution is -2.14. The molecule has 144 valence electrons. The molecule has 2 aromatic carbocycles. The number of amides is 1. The fourth-order valence-corrected chi connectivity index (χ4v) is 2.64. The van der Waals surface area contributed by atoms with Gasteiger partial charge in [0.25, 0.3) is 5.91 Å². The number of aromatic nitrogens is 1. The number of aryl methyl sites for hydroxylation is 1. The first-order valence-corrected chi connectivity index (χ1v) is 9.13. The van der Waals surface area contributed by atoms with E-state index in [0.29, 0.717) is 28.8 Å². The van der Waals surface area contributed by atoms with Crippen LogP contribution in [0.15, 0.2) is 65.3 Å². The van der Waals surface area contributed by atoms with Crippen molar-refractivity contribution in [1.29, 1.82) is 0 Å². The number of ether oxygens (including phenoxy) is 1. The summed E-state index contributed by atoms with van der Waals surface area (Å²) in [6.07, 6.45) is 1.57. The lowest BCUT2D eigenvalue weighted by molar-refractivity contribution is -0.111. The van der Waals surface area contributed by atoms with Crippen LogP contribution in [0.5, 0.6) is 5.75 Å². The maximum absolute atomic E-state index is 12.8. The first-order valence-electron chi connectivity index (χ1n) is 8.76. The van der Waals surface area contributed by atoms with Gasteiger partial charge in [-0.2, -0.15) is 0 Å². The SMILES string of the molecule is CCOc1ccc(NC=C(C(=O)Nc2ccccc2Cl)c2cc(C)no2)cc1. The quantitative estimate of drug-likeness (QED) is 0.540. The van der Waals surface area contributed by atoms with Gasteiger partial charge in [-0.25, -0.2) is 0 Å². The van der Waals surface area contributed by atoms with Crippen molar-refractivity contribution in [3.63, 3.8) is 0 Å². The molecule has 28 heavy (non-hydrogen) atoms. The van der Waals surface area contributed by atoms with Gasteiger partial charge in [0, 0.05) is 18.0 Å². The summed E-state index contributed by atoms with van der Waals surface area (Å²) in [4.78, 5) is 12.8. The summed E-state index contributed by atoms with van der Waals surface area (Å²) in [5, 5.41) is 10.2. The normalized spacial score (nSPS) is 11.2. The third-order valence-electron chi connectivity index (χ3n) is 3.81. The highest BCUT2D eigenvalue weighted by Gasteiger charge is 2.18. The Kier molecular flexibility index (Phi) is 6.34. The molecule has 0 aliphatic heterocycles. The predicted molar refractivity (Wildman–Crippen MR) is 111 cm³/mol. The molecule has 1 heterocycles. The smallest absolute Gasteiger partial charge is 0.261 e. The highest BCUT2D eigenvalue weighted by Crippen LogP contribution is 2.24. The second-order valence-electron chi connectivity index (χ2n) is 5.93. The van der Waals surface area contributed by atoms with Gasteiger partial charge < -0.3 is 19.9 Å². The van der Waals surface area contributed by atoms with E-state index in [4.69, 9.17) is 20.9 Å². The Hall–Kier alpha value is -3.25. The zero-order valence-corrected chi connectivity index (χ0v) is 16.3. The topological polar surface area (TPSA) is 76.4 Å². The number of carbonyl (C=O) groups is 1. The van der Waals surface area contributed by atoms with Gasteiger partial charge in [-0.1, -0.05) is 28.9 Å². The third-order valence-corrected chi connectivity index (χ3v) is 4.14. The summed E-state index contributed by atoms with van der Waals surface area (Å²) in [7, 11) is 0. The zero-order chi connectivity index (χ0) is 19.9. The summed E-state index contributed by atoms with van der Waals surface area (Å²) in [5.74, 6) is 0.753. The van der Waals surface area contributed by atoms with Crippen LogP contribution in [0.1, 0.15) is 18.4 Å². The fraction of sp³-hybridized carbons (Fsp3) is 0.143. The lowest BCUT2D eigenvalue weighted by Gasteiger charge is -2.09. The van der Waals surface area contributed by atoms with Crippen LogP contribution < -0.4 is 15.4 Å². The number of para-hydroxylation sites is 1. The number of rotatable bonds is 7. The van der Waals surface area contributed by atoms with Crippen LogP contribution in [0.25, 0.3) is 5.57 Å². The molecule has 6 nitrogen and oxygen atoms in total. The monoisotopic (exact) mass is 397 g/mol. The number of hydrogen-bond donors (Lipinski definition) is 2. The molecule has 0 aliphatic carbocycles. The minimum atomic E-state index is -0.373. The van der Waals surface area contributed by atoms with Crippen LogP contribution >= 0.6 is 11.6 Å². The number of nitrogens with zero attached hydrogens (tertiary/aromatic N) is 1. The molecule has 0 unspecified atom stereocenters. The Morgan fingerprint density at radius 1 is 1.21 bits per heavy atom. The molecule has 1 amide bonds. The maximum Gasteiger partial charge on any atom is 0.261 e. The molecule has 7 heteroatoms. The number of halogens is 1. The van der Waals surface area contributed by atoms with Gasteiger partial charge >= 0.3 is 0 Å². The molecular formula is C21H20ClN3O3. The first kappa shape index (κ1) is 19.5. The highest BCUT2D eigenvalue weighted by molar-refractivity contribution is 6.35. The van der Waals surface area contributed by atoms with E-state index < -0.39 is 0 Å². The lowest BCUT2D eigenvalue weighted by atomic mass is 10.2. The summed E-state index contributed by atoms with van der Waals surface area (Å²) >= 11 is 6.14. The minimum Gasteiger partial charge on any atom is -0.494 e. The summed E-state index contributed by atoms with van der Waals surface area (Å²) < 4.78 is 10.7. The van der Waals surface area contributed by atoms with Gasteiger partial charge in [0.2, 0.25) is 0 Å². The molecule has 0 radical (unpaired) electrons. The number of carbonyl (C=O) groups excluding carboxylic acids is 1. The van der Waals surface area contributed by atoms with E-state index in [1.54, 1.807) is 43.5 Å². The van der Waals surface area contributed by atoms with Gasteiger partial charge in [-0.3, -0.25) is 4.79 Å². The number of anilines is 2. The molecular weight excluding hydrogens is 378 g/mol. The van der Waals surface area contributed by atoms with Crippen molar-refractivity contribution < 1.29 is 14.1 Å². The molecule has 0 fully saturated rings. The average molecular weight is 398 g/mol. The molecule has 0 saturated carbocycles. The Labute approximate surface area is 168 Å². The van der Waals surface area contributed by atoms with Crippen molar-refractivity contribution in [3.05, 3.63) is 77.3 Å². The Morgan fingerprint density at radius 3 is 2.61 bits per heavy atom. The van der Waals surface area contributed by atoms with Crippen LogP contribution in [0.3, 0.4) is 0 Å². The van der Waals surface area contributed by atoms with Crippen molar-refractivity contribution in [1.82, 2.24) is 5.16 Å². The number of nitrogens with one attached hydrogen (secondary N) is 2. The number of hydrogen-bond acceptors (Lipinski definition) is 5. The molecule has 2 N–H and O–H groups in total. The molecule has 0 aliphatic rings. The zero-order valence-electron chi connectivity index (χ0n) is 15.5. The van der Waals surface area contributed by atoms with E-state index in [9.17, 15) is 4.79 Å². The second-order valence-corrected chi connectivity index (χ2v) is 6.33. The molecule has 3 rings (SSSR count). The van der Waals surface area contributed by atoms with Crippen molar-refractivity contribution in [2.45, 2.75) is 13.8 Å². The summed E-state index contributed by atoms with van der Waals surface area (Å²) in [5.41, 5.74) is 2.27. The van der Waals surface area contributed by atoms with Crippen LogP contribution in [0.4, 0.5) is 11.4 Å². The van der Waals surface area contributed by atoms with Gasteiger partial charge in [0.1, 0.15) is 11.3 Å². The number of benzene rings is 2. The Morgan fingerprint density at radius 2 is 1.96 bits per heavy atom. The van der Waals surface area contributed by atoms with E-state index >= 15 is 0 Å². The predicted octanol–water partition coefficient (Wildman–Crippen LogP) is 5.13. The van der Waals surface area contributed by atoms with Crippen molar-refractivity contribution >= 4 is 34.5 Å². The summed E-state index contributed by atoms with van der Waals surface area (Å²) in [6, 6.07) is 16.1. The van der Waals surface area contributed by atoms with Crippen LogP contribution in [-0.4, -0.2) is 17.7 Å². The minimum absolute atomic E-state index is 0.286. The molecule has 1 aromatic heterocycles. The Balaban J connectivity index is 1.83. The molecule has 0 spiro atoms. The van der Waals surface area contributed by atoms with E-state index in [2.05, 4.69) is 15.8 Å². The van der Waals surface area contributed by atoms with E-state index in [1.165, 1.54) is 0 Å². The van der Waals surface area contributed by atoms with Crippen molar-refractivity contribution in [2.24, 2.45) is 0 Å². The maximum atomic E-state index is 12.8. The fourth-order valence-electron chi connectivity index (χ4n) is 2.46. The van der Waals surface area contributed by atoms with Crippen LogP contribution in [0, 0.1) is 6.92 Å². The van der Waals surface area contributed by atoms with E-state index in [0.717, 1.165) is 11.4 Å². The van der Waals surface area contributed by atoms with Gasteiger partial charge in [-0.15, -0.1) is 0 Å². The highest BCUT2D eigenvalue weighted by atomic mass is 35.5. The largest absolute Gasteiger partial charge is 0.494 e. The van der Waals surface area contributed by atoms with Crippen molar-refractivity contribution in [3.8, 4) is 5.75 Å². The average Bonchev–Trinajstić information content (AvgIpc) is 3.11. The van der Waals surface area contributed by atoms with Crippen molar-refractivity contribution in [2.75, 3.05) is 17.2 Å². The van der Waals surface area contributed by atoms with Crippen LogP contribution in [-0.2, 0) is 4.79 Å². The standard InChI is InChI=1S/C21H20ClN3O3/c1-3-27-16-10-8-15(9-11-16)23-13-17(20-12-14(2)25-28-20)21(26)24-19-7-5-4-6-18(19)22/h4-13,23H,3H2,1-2H3,(H,24,26).